The van der Waals surface area contributed by atoms with Gasteiger partial charge in [-0.1, -0.05) is 36.5 Å². The van der Waals surface area contributed by atoms with E-state index in [1.807, 2.05) is 24.3 Å². The molecule has 2 N–H and O–H groups in total. The second-order valence-electron chi connectivity index (χ2n) is 4.33. The van der Waals surface area contributed by atoms with Crippen LogP contribution in [0.15, 0.2) is 24.3 Å². The Hall–Kier alpha value is -2.15. The molecule has 0 fully saturated rings. The van der Waals surface area contributed by atoms with E-state index in [-0.39, 0.29) is 5.91 Å². The Bertz CT molecular complexity index is 600. The second-order valence-corrected chi connectivity index (χ2v) is 5.31. The lowest BCUT2D eigenvalue weighted by atomic mass is 10.2. The molecule has 0 aliphatic carbocycles. The van der Waals surface area contributed by atoms with Crippen LogP contribution in [0.3, 0.4) is 0 Å². The van der Waals surface area contributed by atoms with E-state index in [0.717, 1.165) is 24.3 Å². The van der Waals surface area contributed by atoms with Crippen molar-refractivity contribution >= 4 is 22.4 Å². The highest BCUT2D eigenvalue weighted by molar-refractivity contribution is 7.17. The molecule has 0 atom stereocenters. The van der Waals surface area contributed by atoms with Crippen LogP contribution in [0.5, 0.6) is 5.75 Å². The van der Waals surface area contributed by atoms with Crippen LogP contribution < -0.4 is 15.4 Å². The van der Waals surface area contributed by atoms with Crippen molar-refractivity contribution < 1.29 is 9.53 Å². The fourth-order valence-electron chi connectivity index (χ4n) is 1.72. The van der Waals surface area contributed by atoms with Crippen LogP contribution in [-0.4, -0.2) is 29.8 Å². The largest absolute Gasteiger partial charge is 0.496 e. The van der Waals surface area contributed by atoms with Gasteiger partial charge in [-0.2, -0.15) is 0 Å². The van der Waals surface area contributed by atoms with Crippen molar-refractivity contribution in [1.29, 1.82) is 0 Å². The third-order valence-corrected chi connectivity index (χ3v) is 3.66. The number of aromatic nitrogens is 2. The van der Waals surface area contributed by atoms with Gasteiger partial charge in [0.1, 0.15) is 5.75 Å². The summed E-state index contributed by atoms with van der Waals surface area (Å²) in [6.45, 7) is 3.27. The minimum absolute atomic E-state index is 0.233. The lowest BCUT2D eigenvalue weighted by molar-refractivity contribution is 0.0949. The first-order valence-corrected chi connectivity index (χ1v) is 7.53. The molecular formula is C14H18N4O2S. The molecule has 0 bridgehead atoms. The van der Waals surface area contributed by atoms with Crippen molar-refractivity contribution in [2.75, 3.05) is 19.0 Å². The molecule has 0 unspecified atom stereocenters. The van der Waals surface area contributed by atoms with E-state index in [2.05, 4.69) is 27.8 Å². The molecule has 0 spiro atoms. The van der Waals surface area contributed by atoms with Gasteiger partial charge < -0.3 is 15.4 Å². The molecule has 112 valence electrons. The van der Waals surface area contributed by atoms with E-state index in [0.29, 0.717) is 16.7 Å². The topological polar surface area (TPSA) is 76.1 Å². The molecule has 1 heterocycles. The maximum absolute atomic E-state index is 12.0. The van der Waals surface area contributed by atoms with E-state index < -0.39 is 0 Å². The number of methoxy groups -OCH3 is 1. The van der Waals surface area contributed by atoms with Gasteiger partial charge >= 0.3 is 0 Å². The third-order valence-electron chi connectivity index (χ3n) is 2.78. The van der Waals surface area contributed by atoms with Crippen LogP contribution in [0, 0.1) is 0 Å². The number of carbonyl (C=O) groups excluding carboxylic acids is 1. The molecule has 1 aromatic carbocycles. The standard InChI is InChI=1S/C14H18N4O2S/c1-3-8-15-14-18-17-13(21-14)12(19)16-9-10-6-4-5-7-11(10)20-2/h4-7H,3,8-9H2,1-2H3,(H,15,18)(H,16,19). The molecule has 2 aromatic rings. The average molecular weight is 306 g/mol. The van der Waals surface area contributed by atoms with E-state index in [9.17, 15) is 4.79 Å². The van der Waals surface area contributed by atoms with Gasteiger partial charge in [0.25, 0.3) is 5.91 Å². The number of amides is 1. The highest BCUT2D eigenvalue weighted by Crippen LogP contribution is 2.18. The summed E-state index contributed by atoms with van der Waals surface area (Å²) in [5, 5.41) is 14.8. The summed E-state index contributed by atoms with van der Waals surface area (Å²) < 4.78 is 5.25. The molecule has 0 radical (unpaired) electrons. The summed E-state index contributed by atoms with van der Waals surface area (Å²) >= 11 is 1.25. The fourth-order valence-corrected chi connectivity index (χ4v) is 2.40. The van der Waals surface area contributed by atoms with Crippen molar-refractivity contribution in [1.82, 2.24) is 15.5 Å². The zero-order valence-corrected chi connectivity index (χ0v) is 12.9. The summed E-state index contributed by atoms with van der Waals surface area (Å²) in [6.07, 6.45) is 0.995. The first kappa shape index (κ1) is 15.2. The highest BCUT2D eigenvalue weighted by Gasteiger charge is 2.13. The SMILES string of the molecule is CCCNc1nnc(C(=O)NCc2ccccc2OC)s1. The van der Waals surface area contributed by atoms with Gasteiger partial charge in [-0.05, 0) is 12.5 Å². The Labute approximate surface area is 127 Å². The van der Waals surface area contributed by atoms with Gasteiger partial charge in [0.15, 0.2) is 0 Å². The molecule has 1 aromatic heterocycles. The van der Waals surface area contributed by atoms with Crippen molar-refractivity contribution in [3.8, 4) is 5.75 Å². The van der Waals surface area contributed by atoms with Crippen LogP contribution in [0.4, 0.5) is 5.13 Å². The quantitative estimate of drug-likeness (QED) is 0.821. The van der Waals surface area contributed by atoms with E-state index in [1.165, 1.54) is 11.3 Å². The third kappa shape index (κ3) is 4.16. The number of ether oxygens (including phenoxy) is 1. The summed E-state index contributed by atoms with van der Waals surface area (Å²) in [7, 11) is 1.61. The van der Waals surface area contributed by atoms with Gasteiger partial charge in [-0.25, -0.2) is 0 Å². The zero-order chi connectivity index (χ0) is 15.1. The molecule has 2 rings (SSSR count). The van der Waals surface area contributed by atoms with Gasteiger partial charge in [0, 0.05) is 18.7 Å². The molecule has 0 aliphatic rings. The number of carbonyl (C=O) groups is 1. The second kappa shape index (κ2) is 7.58. The molecular weight excluding hydrogens is 288 g/mol. The molecule has 0 saturated heterocycles. The smallest absolute Gasteiger partial charge is 0.282 e. The van der Waals surface area contributed by atoms with Crippen LogP contribution >= 0.6 is 11.3 Å². The Balaban J connectivity index is 1.93. The number of para-hydroxylation sites is 1. The number of hydrogen-bond acceptors (Lipinski definition) is 6. The number of hydrogen-bond donors (Lipinski definition) is 2. The summed E-state index contributed by atoms with van der Waals surface area (Å²) in [5.41, 5.74) is 0.919. The van der Waals surface area contributed by atoms with Gasteiger partial charge in [0.05, 0.1) is 7.11 Å². The van der Waals surface area contributed by atoms with Gasteiger partial charge in [0.2, 0.25) is 10.1 Å². The molecule has 0 aliphatic heterocycles. The number of nitrogens with one attached hydrogen (secondary N) is 2. The number of nitrogens with zero attached hydrogens (tertiary/aromatic N) is 2. The molecule has 21 heavy (non-hydrogen) atoms. The van der Waals surface area contributed by atoms with E-state index in [4.69, 9.17) is 4.74 Å². The lowest BCUT2D eigenvalue weighted by Crippen LogP contribution is -2.22. The van der Waals surface area contributed by atoms with Crippen molar-refractivity contribution in [2.45, 2.75) is 19.9 Å². The first-order chi connectivity index (χ1) is 10.2. The Morgan fingerprint density at radius 1 is 1.33 bits per heavy atom. The minimum atomic E-state index is -0.233. The van der Waals surface area contributed by atoms with E-state index >= 15 is 0 Å². The Morgan fingerprint density at radius 3 is 2.90 bits per heavy atom. The molecule has 1 amide bonds. The predicted molar refractivity (Wildman–Crippen MR) is 82.9 cm³/mol. The fraction of sp³-hybridized carbons (Fsp3) is 0.357. The number of anilines is 1. The normalized spacial score (nSPS) is 10.2. The number of rotatable bonds is 7. The Kier molecular flexibility index (Phi) is 5.51. The summed E-state index contributed by atoms with van der Waals surface area (Å²) in [4.78, 5) is 12.0. The summed E-state index contributed by atoms with van der Waals surface area (Å²) in [6, 6.07) is 7.56. The van der Waals surface area contributed by atoms with Crippen molar-refractivity contribution in [2.24, 2.45) is 0 Å². The highest BCUT2D eigenvalue weighted by atomic mass is 32.1. The van der Waals surface area contributed by atoms with Crippen LogP contribution in [0.1, 0.15) is 28.7 Å². The minimum Gasteiger partial charge on any atom is -0.496 e. The maximum Gasteiger partial charge on any atom is 0.282 e. The van der Waals surface area contributed by atoms with E-state index in [1.54, 1.807) is 7.11 Å². The van der Waals surface area contributed by atoms with Crippen molar-refractivity contribution in [3.63, 3.8) is 0 Å². The first-order valence-electron chi connectivity index (χ1n) is 6.72. The molecule has 7 heteroatoms. The van der Waals surface area contributed by atoms with Crippen LogP contribution in [-0.2, 0) is 6.54 Å². The number of benzene rings is 1. The maximum atomic E-state index is 12.0. The zero-order valence-electron chi connectivity index (χ0n) is 12.0. The lowest BCUT2D eigenvalue weighted by Gasteiger charge is -2.08. The monoisotopic (exact) mass is 306 g/mol. The summed E-state index contributed by atoms with van der Waals surface area (Å²) in [5.74, 6) is 0.517. The Morgan fingerprint density at radius 2 is 2.14 bits per heavy atom. The molecule has 0 saturated carbocycles. The predicted octanol–water partition coefficient (Wildman–Crippen LogP) is 2.30. The van der Waals surface area contributed by atoms with Crippen LogP contribution in [0.25, 0.3) is 0 Å². The van der Waals surface area contributed by atoms with Crippen molar-refractivity contribution in [3.05, 3.63) is 34.8 Å². The van der Waals surface area contributed by atoms with Gasteiger partial charge in [-0.3, -0.25) is 4.79 Å². The average Bonchev–Trinajstić information content (AvgIpc) is 2.99. The van der Waals surface area contributed by atoms with Crippen LogP contribution in [0.2, 0.25) is 0 Å². The van der Waals surface area contributed by atoms with Gasteiger partial charge in [-0.15, -0.1) is 10.2 Å². The molecule has 6 nitrogen and oxygen atoms in total.